The molecule has 118 valence electrons. The summed E-state index contributed by atoms with van der Waals surface area (Å²) in [4.78, 5) is 29.9. The van der Waals surface area contributed by atoms with Gasteiger partial charge >= 0.3 is 0 Å². The molecular formula is C19H14N2O2S. The van der Waals surface area contributed by atoms with E-state index in [9.17, 15) is 9.59 Å². The Hall–Kier alpha value is -2.79. The summed E-state index contributed by atoms with van der Waals surface area (Å²) in [5.74, 6) is -0.142. The van der Waals surface area contributed by atoms with Crippen molar-refractivity contribution in [2.45, 2.75) is 6.42 Å². The van der Waals surface area contributed by atoms with Crippen molar-refractivity contribution in [3.05, 3.63) is 70.2 Å². The largest absolute Gasteiger partial charge is 0.306 e. The molecule has 3 aromatic rings. The topological polar surface area (TPSA) is 50.3 Å². The van der Waals surface area contributed by atoms with Crippen molar-refractivity contribution >= 4 is 29.2 Å². The van der Waals surface area contributed by atoms with E-state index in [4.69, 9.17) is 0 Å². The summed E-state index contributed by atoms with van der Waals surface area (Å²) in [7, 11) is 0. The van der Waals surface area contributed by atoms with Crippen molar-refractivity contribution < 1.29 is 9.59 Å². The van der Waals surface area contributed by atoms with Crippen molar-refractivity contribution in [2.75, 3.05) is 11.4 Å². The number of aromatic nitrogens is 1. The Morgan fingerprint density at radius 2 is 1.96 bits per heavy atom. The van der Waals surface area contributed by atoms with Crippen LogP contribution < -0.4 is 4.90 Å². The Morgan fingerprint density at radius 3 is 2.71 bits per heavy atom. The number of hydrogen-bond acceptors (Lipinski definition) is 4. The molecule has 1 amide bonds. The zero-order valence-corrected chi connectivity index (χ0v) is 13.6. The van der Waals surface area contributed by atoms with E-state index < -0.39 is 0 Å². The molecule has 2 aromatic carbocycles. The van der Waals surface area contributed by atoms with Crippen LogP contribution in [0.15, 0.2) is 54.7 Å². The highest BCUT2D eigenvalue weighted by atomic mass is 32.1. The van der Waals surface area contributed by atoms with E-state index in [1.807, 2.05) is 30.3 Å². The van der Waals surface area contributed by atoms with Crippen LogP contribution in [-0.4, -0.2) is 23.7 Å². The first-order valence-electron chi connectivity index (χ1n) is 7.68. The molecule has 1 aliphatic heterocycles. The molecule has 24 heavy (non-hydrogen) atoms. The van der Waals surface area contributed by atoms with E-state index >= 15 is 0 Å². The number of nitrogens with zero attached hydrogens (tertiary/aromatic N) is 2. The first-order valence-corrected chi connectivity index (χ1v) is 8.50. The number of fused-ring (bicyclic) bond motifs is 1. The van der Waals surface area contributed by atoms with Gasteiger partial charge in [-0.1, -0.05) is 42.5 Å². The van der Waals surface area contributed by atoms with E-state index in [1.54, 1.807) is 4.90 Å². The lowest BCUT2D eigenvalue weighted by Crippen LogP contribution is -2.28. The first-order chi connectivity index (χ1) is 11.8. The summed E-state index contributed by atoms with van der Waals surface area (Å²) in [5.41, 5.74) is 4.44. The molecule has 1 aliphatic rings. The van der Waals surface area contributed by atoms with Crippen LogP contribution in [0.4, 0.5) is 5.69 Å². The van der Waals surface area contributed by atoms with Gasteiger partial charge in [-0.05, 0) is 29.2 Å². The number of benzene rings is 2. The lowest BCUT2D eigenvalue weighted by molar-refractivity contribution is 0.0988. The van der Waals surface area contributed by atoms with Gasteiger partial charge in [0.2, 0.25) is 0 Å². The lowest BCUT2D eigenvalue weighted by Gasteiger charge is -2.16. The van der Waals surface area contributed by atoms with Crippen molar-refractivity contribution in [3.8, 4) is 11.1 Å². The summed E-state index contributed by atoms with van der Waals surface area (Å²) in [5, 5.41) is 0.357. The molecule has 0 N–H and O–H groups in total. The van der Waals surface area contributed by atoms with Gasteiger partial charge in [0, 0.05) is 18.4 Å². The minimum atomic E-state index is -0.142. The third-order valence-electron chi connectivity index (χ3n) is 4.18. The fraction of sp³-hybridized carbons (Fsp3) is 0.105. The Balaban J connectivity index is 1.72. The van der Waals surface area contributed by atoms with Crippen molar-refractivity contribution in [3.63, 3.8) is 0 Å². The Morgan fingerprint density at radius 1 is 1.12 bits per heavy atom. The molecule has 0 unspecified atom stereocenters. The molecule has 4 rings (SSSR count). The van der Waals surface area contributed by atoms with E-state index in [-0.39, 0.29) is 5.91 Å². The van der Waals surface area contributed by atoms with Gasteiger partial charge < -0.3 is 4.90 Å². The van der Waals surface area contributed by atoms with Gasteiger partial charge in [-0.2, -0.15) is 0 Å². The quantitative estimate of drug-likeness (QED) is 0.684. The monoisotopic (exact) mass is 334 g/mol. The highest BCUT2D eigenvalue weighted by Gasteiger charge is 2.29. The number of carbonyl (C=O) groups excluding carboxylic acids is 2. The predicted molar refractivity (Wildman–Crippen MR) is 94.8 cm³/mol. The van der Waals surface area contributed by atoms with Crippen LogP contribution in [0.5, 0.6) is 0 Å². The van der Waals surface area contributed by atoms with Crippen molar-refractivity contribution in [1.82, 2.24) is 4.98 Å². The molecule has 2 heterocycles. The molecule has 0 bridgehead atoms. The first kappa shape index (κ1) is 14.8. The van der Waals surface area contributed by atoms with Gasteiger partial charge in [0.1, 0.15) is 0 Å². The zero-order valence-electron chi connectivity index (χ0n) is 12.8. The maximum absolute atomic E-state index is 12.7. The van der Waals surface area contributed by atoms with Crippen LogP contribution in [0.1, 0.15) is 25.0 Å². The van der Waals surface area contributed by atoms with Crippen LogP contribution >= 0.6 is 11.3 Å². The number of thiazole rings is 1. The minimum Gasteiger partial charge on any atom is -0.306 e. The highest BCUT2D eigenvalue weighted by molar-refractivity contribution is 7.15. The van der Waals surface area contributed by atoms with E-state index in [2.05, 4.69) is 23.2 Å². The molecule has 0 saturated carbocycles. The second kappa shape index (κ2) is 6.02. The molecule has 0 spiro atoms. The molecule has 5 heteroatoms. The van der Waals surface area contributed by atoms with Gasteiger partial charge in [-0.3, -0.25) is 9.59 Å². The Kier molecular flexibility index (Phi) is 3.70. The normalized spacial score (nSPS) is 12.9. The molecule has 0 saturated heterocycles. The van der Waals surface area contributed by atoms with E-state index in [0.29, 0.717) is 16.4 Å². The standard InChI is InChI=1S/C19H14N2O2S/c22-12-14-11-20-18(24-14)19(23)21-10-9-16-15(7-4-8-17(16)21)13-5-2-1-3-6-13/h1-8,11-12H,9-10H2. The average molecular weight is 334 g/mol. The van der Waals surface area contributed by atoms with Crippen LogP contribution in [0.3, 0.4) is 0 Å². The number of rotatable bonds is 3. The van der Waals surface area contributed by atoms with Gasteiger partial charge in [-0.15, -0.1) is 11.3 Å². The summed E-state index contributed by atoms with van der Waals surface area (Å²) in [6, 6.07) is 16.2. The predicted octanol–water partition coefficient (Wildman–Crippen LogP) is 3.83. The smallest absolute Gasteiger partial charge is 0.287 e. The van der Waals surface area contributed by atoms with Crippen LogP contribution in [-0.2, 0) is 6.42 Å². The van der Waals surface area contributed by atoms with Gasteiger partial charge in [0.25, 0.3) is 5.91 Å². The Labute approximate surface area is 143 Å². The lowest BCUT2D eigenvalue weighted by atomic mass is 9.98. The Bertz CT molecular complexity index is 918. The van der Waals surface area contributed by atoms with Gasteiger partial charge in [0.15, 0.2) is 11.3 Å². The fourth-order valence-electron chi connectivity index (χ4n) is 3.09. The minimum absolute atomic E-state index is 0.142. The number of carbonyl (C=O) groups is 2. The van der Waals surface area contributed by atoms with Crippen molar-refractivity contribution in [2.24, 2.45) is 0 Å². The summed E-state index contributed by atoms with van der Waals surface area (Å²) < 4.78 is 0. The summed E-state index contributed by atoms with van der Waals surface area (Å²) in [6.07, 6.45) is 2.99. The molecule has 4 nitrogen and oxygen atoms in total. The highest BCUT2D eigenvalue weighted by Crippen LogP contribution is 2.37. The van der Waals surface area contributed by atoms with E-state index in [0.717, 1.165) is 40.9 Å². The van der Waals surface area contributed by atoms with Crippen molar-refractivity contribution in [1.29, 1.82) is 0 Å². The number of hydrogen-bond donors (Lipinski definition) is 0. The van der Waals surface area contributed by atoms with Crippen LogP contribution in [0.2, 0.25) is 0 Å². The fourth-order valence-corrected chi connectivity index (χ4v) is 3.77. The van der Waals surface area contributed by atoms with Gasteiger partial charge in [-0.25, -0.2) is 4.98 Å². The maximum Gasteiger partial charge on any atom is 0.287 e. The molecule has 0 radical (unpaired) electrons. The number of aldehydes is 1. The molecule has 0 aliphatic carbocycles. The van der Waals surface area contributed by atoms with Crippen LogP contribution in [0, 0.1) is 0 Å². The third-order valence-corrected chi connectivity index (χ3v) is 5.09. The maximum atomic E-state index is 12.7. The summed E-state index contributed by atoms with van der Waals surface area (Å²) >= 11 is 1.13. The molecule has 0 fully saturated rings. The van der Waals surface area contributed by atoms with Gasteiger partial charge in [0.05, 0.1) is 4.88 Å². The SMILES string of the molecule is O=Cc1cnc(C(=O)N2CCc3c(-c4ccccc4)cccc32)s1. The molecule has 0 atom stereocenters. The zero-order chi connectivity index (χ0) is 16.5. The van der Waals surface area contributed by atoms with Crippen LogP contribution in [0.25, 0.3) is 11.1 Å². The average Bonchev–Trinajstić information content (AvgIpc) is 3.28. The second-order valence-electron chi connectivity index (χ2n) is 5.56. The molecule has 1 aromatic heterocycles. The summed E-state index contributed by atoms with van der Waals surface area (Å²) in [6.45, 7) is 0.633. The number of anilines is 1. The van der Waals surface area contributed by atoms with E-state index in [1.165, 1.54) is 11.8 Å². The third kappa shape index (κ3) is 2.43. The second-order valence-corrected chi connectivity index (χ2v) is 6.62. The number of amides is 1. The molecular weight excluding hydrogens is 320 g/mol.